The minimum Gasteiger partial charge on any atom is -0.382 e. The monoisotopic (exact) mass is 473 g/mol. The Morgan fingerprint density at radius 2 is 2.03 bits per heavy atom. The molecule has 0 fully saturated rings. The van der Waals surface area contributed by atoms with E-state index in [9.17, 15) is 4.79 Å². The van der Waals surface area contributed by atoms with Gasteiger partial charge in [0.1, 0.15) is 17.9 Å². The van der Waals surface area contributed by atoms with Gasteiger partial charge in [0, 0.05) is 43.5 Å². The van der Waals surface area contributed by atoms with E-state index in [0.29, 0.717) is 37.6 Å². The Kier molecular flexibility index (Phi) is 7.57. The van der Waals surface area contributed by atoms with E-state index < -0.39 is 0 Å². The summed E-state index contributed by atoms with van der Waals surface area (Å²) in [7, 11) is 0. The summed E-state index contributed by atoms with van der Waals surface area (Å²) in [5.74, 6) is 1.11. The van der Waals surface area contributed by atoms with Gasteiger partial charge in [0.15, 0.2) is 5.82 Å². The molecule has 35 heavy (non-hydrogen) atoms. The second kappa shape index (κ2) is 11.0. The molecule has 4 N–H and O–H groups in total. The average molecular weight is 474 g/mol. The normalized spacial score (nSPS) is 11.7. The van der Waals surface area contributed by atoms with Gasteiger partial charge in [-0.1, -0.05) is 30.4 Å². The van der Waals surface area contributed by atoms with E-state index in [2.05, 4.69) is 25.2 Å². The number of urea groups is 1. The summed E-state index contributed by atoms with van der Waals surface area (Å²) in [6.45, 7) is 7.65. The van der Waals surface area contributed by atoms with Crippen LogP contribution in [0.1, 0.15) is 37.7 Å². The first kappa shape index (κ1) is 24.2. The van der Waals surface area contributed by atoms with Crippen LogP contribution < -0.4 is 16.4 Å². The molecule has 0 atom stereocenters. The van der Waals surface area contributed by atoms with Gasteiger partial charge in [-0.05, 0) is 44.0 Å². The van der Waals surface area contributed by atoms with Gasteiger partial charge in [0.25, 0.3) is 0 Å². The number of imidazole rings is 1. The number of rotatable bonds is 9. The van der Waals surface area contributed by atoms with Crippen LogP contribution >= 0.6 is 0 Å². The van der Waals surface area contributed by atoms with Gasteiger partial charge in [-0.3, -0.25) is 4.98 Å². The first-order chi connectivity index (χ1) is 17.0. The smallest absolute Gasteiger partial charge is 0.315 e. The zero-order valence-electron chi connectivity index (χ0n) is 20.3. The molecule has 0 bridgehead atoms. The Morgan fingerprint density at radius 3 is 2.77 bits per heavy atom. The summed E-state index contributed by atoms with van der Waals surface area (Å²) < 4.78 is 7.72. The number of anilines is 1. The largest absolute Gasteiger partial charge is 0.382 e. The summed E-state index contributed by atoms with van der Waals surface area (Å²) in [6.07, 6.45) is 7.59. The number of fused-ring (bicyclic) bond motifs is 3. The highest BCUT2D eigenvalue weighted by Gasteiger charge is 2.18. The molecule has 1 aromatic carbocycles. The molecule has 0 aliphatic carbocycles. The number of carbonyl (C=O) groups is 1. The van der Waals surface area contributed by atoms with Crippen molar-refractivity contribution in [2.45, 2.75) is 40.0 Å². The van der Waals surface area contributed by atoms with E-state index in [-0.39, 0.29) is 12.1 Å². The van der Waals surface area contributed by atoms with E-state index in [0.717, 1.165) is 33.4 Å². The summed E-state index contributed by atoms with van der Waals surface area (Å²) in [5, 5.41) is 6.68. The van der Waals surface area contributed by atoms with Crippen molar-refractivity contribution in [2.24, 2.45) is 0 Å². The van der Waals surface area contributed by atoms with Crippen LogP contribution in [0.5, 0.6) is 0 Å². The molecular weight excluding hydrogens is 442 g/mol. The van der Waals surface area contributed by atoms with Crippen molar-refractivity contribution in [3.8, 4) is 0 Å². The third-order valence-corrected chi connectivity index (χ3v) is 5.44. The molecule has 182 valence electrons. The topological polar surface area (TPSA) is 120 Å². The Morgan fingerprint density at radius 1 is 1.20 bits per heavy atom. The van der Waals surface area contributed by atoms with Crippen LogP contribution in [0.25, 0.3) is 34.1 Å². The molecule has 4 rings (SSSR count). The minimum absolute atomic E-state index is 0.0637. The maximum Gasteiger partial charge on any atom is 0.315 e. The average Bonchev–Trinajstić information content (AvgIpc) is 3.20. The number of aromatic nitrogens is 4. The van der Waals surface area contributed by atoms with Gasteiger partial charge >= 0.3 is 6.03 Å². The SMILES string of the molecule is CCOCc1nc2c(N)nc3cc(C=Cc4cccnc4)ccc3c2n1CCNC(=O)NC(C)C. The Bertz CT molecular complexity index is 1350. The second-order valence-corrected chi connectivity index (χ2v) is 8.46. The number of amides is 2. The van der Waals surface area contributed by atoms with E-state index in [4.69, 9.17) is 15.5 Å². The number of ether oxygens (including phenoxy) is 1. The molecule has 2 amide bonds. The molecule has 0 aliphatic rings. The number of nitrogens with two attached hydrogens (primary N) is 1. The molecule has 3 aromatic heterocycles. The van der Waals surface area contributed by atoms with Crippen LogP contribution in [0.4, 0.5) is 10.6 Å². The van der Waals surface area contributed by atoms with Gasteiger partial charge in [-0.15, -0.1) is 0 Å². The number of hydrogen-bond acceptors (Lipinski definition) is 6. The molecule has 0 saturated carbocycles. The fourth-order valence-electron chi connectivity index (χ4n) is 3.88. The lowest BCUT2D eigenvalue weighted by Crippen LogP contribution is -2.40. The molecule has 4 aromatic rings. The van der Waals surface area contributed by atoms with Gasteiger partial charge in [-0.2, -0.15) is 0 Å². The maximum atomic E-state index is 12.1. The lowest BCUT2D eigenvalue weighted by molar-refractivity contribution is 0.126. The number of hydrogen-bond donors (Lipinski definition) is 3. The highest BCUT2D eigenvalue weighted by molar-refractivity contribution is 6.07. The fraction of sp³-hybridized carbons (Fsp3) is 0.308. The lowest BCUT2D eigenvalue weighted by atomic mass is 10.1. The van der Waals surface area contributed by atoms with Crippen LogP contribution in [0.15, 0.2) is 42.7 Å². The van der Waals surface area contributed by atoms with Gasteiger partial charge in [-0.25, -0.2) is 14.8 Å². The third-order valence-electron chi connectivity index (χ3n) is 5.44. The second-order valence-electron chi connectivity index (χ2n) is 8.46. The summed E-state index contributed by atoms with van der Waals surface area (Å²) >= 11 is 0. The van der Waals surface area contributed by atoms with Crippen LogP contribution in [-0.2, 0) is 17.9 Å². The van der Waals surface area contributed by atoms with Gasteiger partial charge < -0.3 is 25.7 Å². The Hall–Kier alpha value is -3.98. The molecule has 0 radical (unpaired) electrons. The molecule has 3 heterocycles. The molecular formula is C26H31N7O2. The number of nitrogens with one attached hydrogen (secondary N) is 2. The number of nitrogens with zero attached hydrogens (tertiary/aromatic N) is 4. The minimum atomic E-state index is -0.202. The van der Waals surface area contributed by atoms with Gasteiger partial charge in [0.2, 0.25) is 0 Å². The van der Waals surface area contributed by atoms with E-state index in [1.54, 1.807) is 6.20 Å². The summed E-state index contributed by atoms with van der Waals surface area (Å²) in [5.41, 5.74) is 10.7. The molecule has 9 nitrogen and oxygen atoms in total. The van der Waals surface area contributed by atoms with Crippen molar-refractivity contribution in [3.05, 3.63) is 59.7 Å². The zero-order valence-corrected chi connectivity index (χ0v) is 20.3. The molecule has 0 spiro atoms. The van der Waals surface area contributed by atoms with Gasteiger partial charge in [0.05, 0.1) is 11.0 Å². The third kappa shape index (κ3) is 5.75. The van der Waals surface area contributed by atoms with E-state index in [1.807, 2.05) is 69.5 Å². The molecule has 9 heteroatoms. The first-order valence-electron chi connectivity index (χ1n) is 11.7. The predicted octanol–water partition coefficient (Wildman–Crippen LogP) is 3.98. The molecule has 0 unspecified atom stereocenters. The zero-order chi connectivity index (χ0) is 24.8. The molecule has 0 saturated heterocycles. The van der Waals surface area contributed by atoms with Crippen molar-refractivity contribution >= 4 is 45.9 Å². The fourth-order valence-corrected chi connectivity index (χ4v) is 3.88. The molecule has 0 aliphatic heterocycles. The standard InChI is InChI=1S/C26H31N7O2/c1-4-35-16-22-32-23-24(33(22)13-12-29-26(34)30-17(2)3)20-10-9-18(14-21(20)31-25(23)27)7-8-19-6-5-11-28-15-19/h5-11,14-15,17H,4,12-13,16H2,1-3H3,(H2,27,31)(H2,29,30,34). The number of nitrogen functional groups attached to an aromatic ring is 1. The summed E-state index contributed by atoms with van der Waals surface area (Å²) in [4.78, 5) is 25.6. The predicted molar refractivity (Wildman–Crippen MR) is 140 cm³/mol. The number of benzene rings is 1. The number of pyridine rings is 2. The van der Waals surface area contributed by atoms with Crippen molar-refractivity contribution in [2.75, 3.05) is 18.9 Å². The van der Waals surface area contributed by atoms with Crippen molar-refractivity contribution in [1.82, 2.24) is 30.2 Å². The quantitative estimate of drug-likeness (QED) is 0.338. The van der Waals surface area contributed by atoms with Crippen LogP contribution in [0.2, 0.25) is 0 Å². The Balaban J connectivity index is 1.70. The maximum absolute atomic E-state index is 12.1. The van der Waals surface area contributed by atoms with E-state index >= 15 is 0 Å². The van der Waals surface area contributed by atoms with Crippen molar-refractivity contribution in [1.29, 1.82) is 0 Å². The highest BCUT2D eigenvalue weighted by atomic mass is 16.5. The van der Waals surface area contributed by atoms with Crippen LogP contribution in [-0.4, -0.2) is 44.7 Å². The first-order valence-corrected chi connectivity index (χ1v) is 11.7. The van der Waals surface area contributed by atoms with E-state index in [1.165, 1.54) is 0 Å². The van der Waals surface area contributed by atoms with Crippen molar-refractivity contribution < 1.29 is 9.53 Å². The summed E-state index contributed by atoms with van der Waals surface area (Å²) in [6, 6.07) is 9.85. The van der Waals surface area contributed by atoms with Crippen molar-refractivity contribution in [3.63, 3.8) is 0 Å². The van der Waals surface area contributed by atoms with Crippen LogP contribution in [0.3, 0.4) is 0 Å². The highest BCUT2D eigenvalue weighted by Crippen LogP contribution is 2.30. The lowest BCUT2D eigenvalue weighted by Gasteiger charge is -2.13. The van der Waals surface area contributed by atoms with Crippen LogP contribution in [0, 0.1) is 0 Å². The number of carbonyl (C=O) groups excluding carboxylic acids is 1. The Labute approximate surface area is 204 Å².